The average molecular weight is 249 g/mol. The Morgan fingerprint density at radius 1 is 1.39 bits per heavy atom. The molecular formula is C13H15NO4. The van der Waals surface area contributed by atoms with Crippen molar-refractivity contribution in [2.75, 3.05) is 0 Å². The molecule has 18 heavy (non-hydrogen) atoms. The van der Waals surface area contributed by atoms with Gasteiger partial charge in [0.15, 0.2) is 0 Å². The van der Waals surface area contributed by atoms with Gasteiger partial charge in [-0.1, -0.05) is 30.3 Å². The Balaban J connectivity index is 1.92. The fraction of sp³-hybridized carbons (Fsp3) is 0.385. The quantitative estimate of drug-likeness (QED) is 0.774. The Kier molecular flexibility index (Phi) is 3.34. The maximum Gasteiger partial charge on any atom is 0.324 e. The highest BCUT2D eigenvalue weighted by Gasteiger charge is 2.54. The zero-order valence-corrected chi connectivity index (χ0v) is 9.83. The van der Waals surface area contributed by atoms with Gasteiger partial charge in [0.2, 0.25) is 0 Å². The van der Waals surface area contributed by atoms with Crippen molar-refractivity contribution in [2.45, 2.75) is 25.0 Å². The lowest BCUT2D eigenvalue weighted by atomic mass is 9.67. The van der Waals surface area contributed by atoms with Crippen LogP contribution in [-0.4, -0.2) is 22.6 Å². The molecule has 0 spiro atoms. The van der Waals surface area contributed by atoms with E-state index in [1.165, 1.54) is 0 Å². The van der Waals surface area contributed by atoms with Gasteiger partial charge in [-0.2, -0.15) is 0 Å². The molecule has 0 unspecified atom stereocenters. The van der Waals surface area contributed by atoms with Gasteiger partial charge in [0.05, 0.1) is 5.92 Å². The third-order valence-corrected chi connectivity index (χ3v) is 3.38. The molecule has 3 N–H and O–H groups in total. The van der Waals surface area contributed by atoms with E-state index in [1.807, 2.05) is 30.3 Å². The number of carbonyl (C=O) groups excluding carboxylic acids is 1. The van der Waals surface area contributed by atoms with Gasteiger partial charge in [-0.25, -0.2) is 0 Å². The standard InChI is InChI=1S/C13H15NO4/c14-13(12(16)17)7-6-10(13)11(15)18-8-9-4-2-1-3-5-9/h1-5,10H,6-8,14H2,(H,16,17)/t10-,13+/m0/s1. The molecule has 96 valence electrons. The Morgan fingerprint density at radius 2 is 2.06 bits per heavy atom. The first kappa shape index (κ1) is 12.6. The van der Waals surface area contributed by atoms with E-state index >= 15 is 0 Å². The largest absolute Gasteiger partial charge is 0.480 e. The molecule has 1 aromatic carbocycles. The Morgan fingerprint density at radius 3 is 2.56 bits per heavy atom. The van der Waals surface area contributed by atoms with Crippen molar-refractivity contribution in [2.24, 2.45) is 11.7 Å². The van der Waals surface area contributed by atoms with Crippen LogP contribution in [-0.2, 0) is 20.9 Å². The molecule has 1 aliphatic rings. The lowest BCUT2D eigenvalue weighted by Crippen LogP contribution is -2.63. The number of rotatable bonds is 4. The molecule has 0 radical (unpaired) electrons. The molecule has 0 aliphatic heterocycles. The van der Waals surface area contributed by atoms with Crippen LogP contribution in [0, 0.1) is 5.92 Å². The fourth-order valence-corrected chi connectivity index (χ4v) is 2.01. The Bertz CT molecular complexity index is 459. The number of benzene rings is 1. The topological polar surface area (TPSA) is 89.6 Å². The van der Waals surface area contributed by atoms with E-state index in [0.717, 1.165) is 5.56 Å². The average Bonchev–Trinajstić information content (AvgIpc) is 2.35. The molecule has 1 aromatic rings. The Hall–Kier alpha value is -1.88. The maximum atomic E-state index is 11.8. The summed E-state index contributed by atoms with van der Waals surface area (Å²) in [6, 6.07) is 9.22. The van der Waals surface area contributed by atoms with Crippen LogP contribution in [0.2, 0.25) is 0 Å². The molecule has 1 aliphatic carbocycles. The SMILES string of the molecule is N[C@]1(C(=O)O)CC[C@H]1C(=O)OCc1ccccc1. The summed E-state index contributed by atoms with van der Waals surface area (Å²) < 4.78 is 5.10. The van der Waals surface area contributed by atoms with E-state index < -0.39 is 23.4 Å². The van der Waals surface area contributed by atoms with Crippen molar-refractivity contribution in [3.05, 3.63) is 35.9 Å². The normalized spacial score (nSPS) is 26.2. The van der Waals surface area contributed by atoms with Gasteiger partial charge >= 0.3 is 11.9 Å². The highest BCUT2D eigenvalue weighted by Crippen LogP contribution is 2.37. The van der Waals surface area contributed by atoms with Gasteiger partial charge in [0, 0.05) is 0 Å². The molecule has 5 nitrogen and oxygen atoms in total. The number of carboxylic acids is 1. The van der Waals surface area contributed by atoms with E-state index in [-0.39, 0.29) is 6.61 Å². The zero-order chi connectivity index (χ0) is 13.2. The van der Waals surface area contributed by atoms with E-state index in [9.17, 15) is 9.59 Å². The first-order valence-electron chi connectivity index (χ1n) is 5.77. The molecule has 0 heterocycles. The van der Waals surface area contributed by atoms with Crippen LogP contribution < -0.4 is 5.73 Å². The van der Waals surface area contributed by atoms with Gasteiger partial charge in [-0.05, 0) is 18.4 Å². The first-order chi connectivity index (χ1) is 8.54. The maximum absolute atomic E-state index is 11.8. The molecule has 1 saturated carbocycles. The summed E-state index contributed by atoms with van der Waals surface area (Å²) in [5.74, 6) is -2.41. The monoisotopic (exact) mass is 249 g/mol. The second-order valence-corrected chi connectivity index (χ2v) is 4.53. The third-order valence-electron chi connectivity index (χ3n) is 3.38. The lowest BCUT2D eigenvalue weighted by Gasteiger charge is -2.40. The second kappa shape index (κ2) is 4.78. The van der Waals surface area contributed by atoms with Crippen molar-refractivity contribution < 1.29 is 19.4 Å². The van der Waals surface area contributed by atoms with E-state index in [4.69, 9.17) is 15.6 Å². The van der Waals surface area contributed by atoms with Crippen molar-refractivity contribution in [1.82, 2.24) is 0 Å². The zero-order valence-electron chi connectivity index (χ0n) is 9.83. The van der Waals surface area contributed by atoms with Gasteiger partial charge in [0.25, 0.3) is 0 Å². The highest BCUT2D eigenvalue weighted by atomic mass is 16.5. The van der Waals surface area contributed by atoms with E-state index in [2.05, 4.69) is 0 Å². The highest BCUT2D eigenvalue weighted by molar-refractivity contribution is 5.89. The first-order valence-corrected chi connectivity index (χ1v) is 5.77. The van der Waals surface area contributed by atoms with Crippen LogP contribution >= 0.6 is 0 Å². The molecule has 0 bridgehead atoms. The van der Waals surface area contributed by atoms with E-state index in [1.54, 1.807) is 0 Å². The Labute approximate surface area is 105 Å². The fourth-order valence-electron chi connectivity index (χ4n) is 2.01. The molecule has 2 atom stereocenters. The molecule has 1 fully saturated rings. The van der Waals surface area contributed by atoms with Crippen LogP contribution in [0.3, 0.4) is 0 Å². The number of hydrogen-bond acceptors (Lipinski definition) is 4. The van der Waals surface area contributed by atoms with Crippen LogP contribution in [0.4, 0.5) is 0 Å². The minimum absolute atomic E-state index is 0.145. The summed E-state index contributed by atoms with van der Waals surface area (Å²) in [5.41, 5.74) is 5.07. The smallest absolute Gasteiger partial charge is 0.324 e. The third kappa shape index (κ3) is 2.22. The molecule has 0 saturated heterocycles. The number of hydrogen-bond donors (Lipinski definition) is 2. The van der Waals surface area contributed by atoms with E-state index in [0.29, 0.717) is 12.8 Å². The lowest BCUT2D eigenvalue weighted by molar-refractivity contribution is -0.167. The minimum atomic E-state index is -1.45. The van der Waals surface area contributed by atoms with Crippen molar-refractivity contribution in [3.8, 4) is 0 Å². The summed E-state index contributed by atoms with van der Waals surface area (Å²) in [6.45, 7) is 0.145. The van der Waals surface area contributed by atoms with Crippen LogP contribution in [0.25, 0.3) is 0 Å². The molecule has 5 heteroatoms. The number of aliphatic carboxylic acids is 1. The van der Waals surface area contributed by atoms with Crippen molar-refractivity contribution in [3.63, 3.8) is 0 Å². The predicted octanol–water partition coefficient (Wildman–Crippen LogP) is 0.922. The predicted molar refractivity (Wildman–Crippen MR) is 63.5 cm³/mol. The number of carbonyl (C=O) groups is 2. The molecular weight excluding hydrogens is 234 g/mol. The molecule has 0 aromatic heterocycles. The summed E-state index contributed by atoms with van der Waals surface area (Å²) in [7, 11) is 0. The van der Waals surface area contributed by atoms with Crippen LogP contribution in [0.15, 0.2) is 30.3 Å². The number of nitrogens with two attached hydrogens (primary N) is 1. The number of carboxylic acid groups (broad SMARTS) is 1. The van der Waals surface area contributed by atoms with Crippen LogP contribution in [0.1, 0.15) is 18.4 Å². The van der Waals surface area contributed by atoms with Gasteiger partial charge in [-0.3, -0.25) is 9.59 Å². The van der Waals surface area contributed by atoms with Gasteiger partial charge in [0.1, 0.15) is 12.1 Å². The summed E-state index contributed by atoms with van der Waals surface area (Å²) in [6.07, 6.45) is 0.782. The summed E-state index contributed by atoms with van der Waals surface area (Å²) in [4.78, 5) is 22.7. The van der Waals surface area contributed by atoms with Gasteiger partial charge in [-0.15, -0.1) is 0 Å². The van der Waals surface area contributed by atoms with Crippen molar-refractivity contribution in [1.29, 1.82) is 0 Å². The molecule has 2 rings (SSSR count). The second-order valence-electron chi connectivity index (χ2n) is 4.53. The number of esters is 1. The van der Waals surface area contributed by atoms with Crippen LogP contribution in [0.5, 0.6) is 0 Å². The van der Waals surface area contributed by atoms with Crippen molar-refractivity contribution >= 4 is 11.9 Å². The minimum Gasteiger partial charge on any atom is -0.480 e. The molecule has 0 amide bonds. The summed E-state index contributed by atoms with van der Waals surface area (Å²) >= 11 is 0. The number of ether oxygens (including phenoxy) is 1. The van der Waals surface area contributed by atoms with Gasteiger partial charge < -0.3 is 15.6 Å². The summed E-state index contributed by atoms with van der Waals surface area (Å²) in [5, 5.41) is 8.96.